The van der Waals surface area contributed by atoms with Gasteiger partial charge in [-0.15, -0.1) is 0 Å². The van der Waals surface area contributed by atoms with Crippen molar-refractivity contribution in [3.8, 4) is 5.75 Å². The zero-order valence-corrected chi connectivity index (χ0v) is 18.3. The van der Waals surface area contributed by atoms with Gasteiger partial charge in [-0.25, -0.2) is 8.42 Å². The molecule has 2 aliphatic heterocycles. The first-order valence-corrected chi connectivity index (χ1v) is 11.7. The van der Waals surface area contributed by atoms with Crippen molar-refractivity contribution >= 4 is 39.1 Å². The van der Waals surface area contributed by atoms with Crippen LogP contribution in [-0.4, -0.2) is 62.2 Å². The van der Waals surface area contributed by atoms with Crippen molar-refractivity contribution < 1.29 is 22.7 Å². The van der Waals surface area contributed by atoms with Crippen LogP contribution in [0.15, 0.2) is 47.4 Å². The molecule has 1 saturated heterocycles. The van der Waals surface area contributed by atoms with Gasteiger partial charge in [0, 0.05) is 38.3 Å². The molecule has 0 bridgehead atoms. The number of carbonyl (C=O) groups excluding carboxylic acids is 2. The van der Waals surface area contributed by atoms with Gasteiger partial charge in [0.05, 0.1) is 5.02 Å². The number of hydrogen-bond donors (Lipinski definition) is 1. The summed E-state index contributed by atoms with van der Waals surface area (Å²) in [5.74, 6) is 0.344. The molecule has 2 heterocycles. The monoisotopic (exact) mass is 463 g/mol. The van der Waals surface area contributed by atoms with Crippen molar-refractivity contribution in [2.45, 2.75) is 17.7 Å². The summed E-state index contributed by atoms with van der Waals surface area (Å²) in [7, 11) is -3.71. The van der Waals surface area contributed by atoms with Crippen molar-refractivity contribution in [1.29, 1.82) is 0 Å². The number of nitrogens with one attached hydrogen (secondary N) is 1. The summed E-state index contributed by atoms with van der Waals surface area (Å²) in [6, 6.07) is 11.6. The molecule has 0 aromatic heterocycles. The minimum absolute atomic E-state index is 0.00737. The molecule has 8 nitrogen and oxygen atoms in total. The van der Waals surface area contributed by atoms with E-state index < -0.39 is 10.0 Å². The molecule has 0 atom stereocenters. The van der Waals surface area contributed by atoms with Crippen LogP contribution in [0, 0.1) is 0 Å². The molecule has 0 radical (unpaired) electrons. The van der Waals surface area contributed by atoms with E-state index in [0.29, 0.717) is 18.6 Å². The summed E-state index contributed by atoms with van der Waals surface area (Å²) >= 11 is 6.05. The third kappa shape index (κ3) is 4.68. The smallest absolute Gasteiger partial charge is 0.260 e. The maximum absolute atomic E-state index is 12.8. The lowest BCUT2D eigenvalue weighted by molar-refractivity contribution is -0.134. The molecule has 1 fully saturated rings. The van der Waals surface area contributed by atoms with Crippen LogP contribution in [0.4, 0.5) is 5.69 Å². The number of anilines is 1. The Labute approximate surface area is 185 Å². The lowest BCUT2D eigenvalue weighted by Crippen LogP contribution is -2.51. The maximum Gasteiger partial charge on any atom is 0.260 e. The van der Waals surface area contributed by atoms with Gasteiger partial charge in [-0.05, 0) is 42.3 Å². The molecular weight excluding hydrogens is 442 g/mol. The zero-order valence-electron chi connectivity index (χ0n) is 16.7. The first-order valence-electron chi connectivity index (χ1n) is 9.92. The number of sulfonamides is 1. The number of amides is 2. The molecule has 164 valence electrons. The van der Waals surface area contributed by atoms with Crippen LogP contribution >= 0.6 is 11.6 Å². The van der Waals surface area contributed by atoms with Gasteiger partial charge < -0.3 is 15.0 Å². The molecule has 0 unspecified atom stereocenters. The Morgan fingerprint density at radius 3 is 2.55 bits per heavy atom. The quantitative estimate of drug-likeness (QED) is 0.732. The molecule has 10 heteroatoms. The van der Waals surface area contributed by atoms with Gasteiger partial charge in [-0.3, -0.25) is 9.59 Å². The number of benzene rings is 2. The molecule has 0 saturated carbocycles. The van der Waals surface area contributed by atoms with Crippen LogP contribution in [0.3, 0.4) is 0 Å². The van der Waals surface area contributed by atoms with Gasteiger partial charge in [0.15, 0.2) is 6.61 Å². The van der Waals surface area contributed by atoms with E-state index in [4.69, 9.17) is 16.3 Å². The summed E-state index contributed by atoms with van der Waals surface area (Å²) in [6.45, 7) is 0.808. The van der Waals surface area contributed by atoms with E-state index in [9.17, 15) is 18.0 Å². The van der Waals surface area contributed by atoms with Gasteiger partial charge in [0.25, 0.3) is 5.91 Å². The fourth-order valence-corrected chi connectivity index (χ4v) is 5.57. The minimum Gasteiger partial charge on any atom is -0.484 e. The highest BCUT2D eigenvalue weighted by Gasteiger charge is 2.31. The van der Waals surface area contributed by atoms with Gasteiger partial charge in [0.2, 0.25) is 15.9 Å². The minimum atomic E-state index is -3.71. The number of fused-ring (bicyclic) bond motifs is 1. The Morgan fingerprint density at radius 1 is 1.06 bits per heavy atom. The summed E-state index contributed by atoms with van der Waals surface area (Å²) in [5, 5.41) is 2.98. The average Bonchev–Trinajstić information content (AvgIpc) is 2.77. The first kappa shape index (κ1) is 21.6. The SMILES string of the molecule is O=C1CCc2cc(OCC(=O)N3CCN(S(=O)(=O)c4ccccc4Cl)CC3)ccc2N1. The van der Waals surface area contributed by atoms with E-state index in [-0.39, 0.29) is 54.5 Å². The largest absolute Gasteiger partial charge is 0.484 e. The number of hydrogen-bond acceptors (Lipinski definition) is 5. The lowest BCUT2D eigenvalue weighted by atomic mass is 10.0. The van der Waals surface area contributed by atoms with Crippen LogP contribution in [-0.2, 0) is 26.0 Å². The summed E-state index contributed by atoms with van der Waals surface area (Å²) in [5.41, 5.74) is 1.74. The molecule has 2 amide bonds. The van der Waals surface area contributed by atoms with Crippen LogP contribution in [0.2, 0.25) is 5.02 Å². The Bertz CT molecular complexity index is 1110. The fourth-order valence-electron chi connectivity index (χ4n) is 3.66. The third-order valence-electron chi connectivity index (χ3n) is 5.38. The summed E-state index contributed by atoms with van der Waals surface area (Å²) < 4.78 is 32.6. The summed E-state index contributed by atoms with van der Waals surface area (Å²) in [6.07, 6.45) is 1.06. The van der Waals surface area contributed by atoms with E-state index in [1.54, 1.807) is 35.2 Å². The normalized spacial score (nSPS) is 17.1. The van der Waals surface area contributed by atoms with Crippen molar-refractivity contribution in [2.24, 2.45) is 0 Å². The highest BCUT2D eigenvalue weighted by molar-refractivity contribution is 7.89. The van der Waals surface area contributed by atoms with Gasteiger partial charge in [-0.1, -0.05) is 23.7 Å². The van der Waals surface area contributed by atoms with Crippen LogP contribution in [0.1, 0.15) is 12.0 Å². The number of piperazine rings is 1. The second-order valence-corrected chi connectivity index (χ2v) is 9.68. The second-order valence-electron chi connectivity index (χ2n) is 7.37. The Morgan fingerprint density at radius 2 is 1.81 bits per heavy atom. The standard InChI is InChI=1S/C21H22ClN3O5S/c22-17-3-1-2-4-19(17)31(28,29)25-11-9-24(10-12-25)21(27)14-30-16-6-7-18-15(13-16)5-8-20(26)23-18/h1-4,6-7,13H,5,8-12,14H2,(H,23,26). The van der Waals surface area contributed by atoms with Crippen LogP contribution in [0.25, 0.3) is 0 Å². The number of nitrogens with zero attached hydrogens (tertiary/aromatic N) is 2. The van der Waals surface area contributed by atoms with E-state index in [0.717, 1.165) is 11.3 Å². The molecule has 2 aromatic rings. The van der Waals surface area contributed by atoms with Gasteiger partial charge >= 0.3 is 0 Å². The highest BCUT2D eigenvalue weighted by atomic mass is 35.5. The van der Waals surface area contributed by atoms with Crippen molar-refractivity contribution in [1.82, 2.24) is 9.21 Å². The predicted molar refractivity (Wildman–Crippen MR) is 116 cm³/mol. The van der Waals surface area contributed by atoms with Crippen molar-refractivity contribution in [2.75, 3.05) is 38.1 Å². The summed E-state index contributed by atoms with van der Waals surface area (Å²) in [4.78, 5) is 25.6. The molecule has 31 heavy (non-hydrogen) atoms. The van der Waals surface area contributed by atoms with Crippen molar-refractivity contribution in [3.63, 3.8) is 0 Å². The highest BCUT2D eigenvalue weighted by Crippen LogP contribution is 2.27. The average molecular weight is 464 g/mol. The Kier molecular flexibility index (Phi) is 6.17. The molecule has 0 spiro atoms. The topological polar surface area (TPSA) is 96.0 Å². The second kappa shape index (κ2) is 8.86. The van der Waals surface area contributed by atoms with Gasteiger partial charge in [0.1, 0.15) is 10.6 Å². The lowest BCUT2D eigenvalue weighted by Gasteiger charge is -2.34. The van der Waals surface area contributed by atoms with E-state index in [1.165, 1.54) is 10.4 Å². The molecular formula is C21H22ClN3O5S. The Hall–Kier alpha value is -2.62. The number of halogens is 1. The van der Waals surface area contributed by atoms with E-state index >= 15 is 0 Å². The Balaban J connectivity index is 1.32. The van der Waals surface area contributed by atoms with E-state index in [2.05, 4.69) is 5.32 Å². The number of rotatable bonds is 5. The number of ether oxygens (including phenoxy) is 1. The molecule has 1 N–H and O–H groups in total. The number of aryl methyl sites for hydroxylation is 1. The molecule has 2 aliphatic rings. The predicted octanol–water partition coefficient (Wildman–Crippen LogP) is 2.14. The molecule has 4 rings (SSSR count). The molecule has 2 aromatic carbocycles. The van der Waals surface area contributed by atoms with Gasteiger partial charge in [-0.2, -0.15) is 4.31 Å². The maximum atomic E-state index is 12.8. The van der Waals surface area contributed by atoms with Crippen LogP contribution in [0.5, 0.6) is 5.75 Å². The zero-order chi connectivity index (χ0) is 22.0. The number of carbonyl (C=O) groups is 2. The van der Waals surface area contributed by atoms with Crippen LogP contribution < -0.4 is 10.1 Å². The third-order valence-corrected chi connectivity index (χ3v) is 7.78. The first-order chi connectivity index (χ1) is 14.8. The fraction of sp³-hybridized carbons (Fsp3) is 0.333. The van der Waals surface area contributed by atoms with Crippen molar-refractivity contribution in [3.05, 3.63) is 53.1 Å². The molecule has 0 aliphatic carbocycles. The van der Waals surface area contributed by atoms with E-state index in [1.807, 2.05) is 6.07 Å².